The van der Waals surface area contributed by atoms with Crippen LogP contribution < -0.4 is 0 Å². The van der Waals surface area contributed by atoms with Gasteiger partial charge in [0.1, 0.15) is 5.69 Å². The molecule has 1 aliphatic carbocycles. The van der Waals surface area contributed by atoms with Crippen LogP contribution in [0, 0.1) is 0 Å². The predicted octanol–water partition coefficient (Wildman–Crippen LogP) is 3.27. The van der Waals surface area contributed by atoms with Gasteiger partial charge in [-0.15, -0.1) is 0 Å². The first kappa shape index (κ1) is 12.3. The molecule has 0 amide bonds. The molecule has 1 aromatic carbocycles. The van der Waals surface area contributed by atoms with Gasteiger partial charge in [-0.2, -0.15) is 5.10 Å². The Morgan fingerprint density at radius 2 is 1.81 bits per heavy atom. The van der Waals surface area contributed by atoms with Crippen molar-refractivity contribution in [3.63, 3.8) is 0 Å². The van der Waals surface area contributed by atoms with Gasteiger partial charge < -0.3 is 0 Å². The van der Waals surface area contributed by atoms with E-state index in [1.165, 1.54) is 18.4 Å². The molecule has 4 heteroatoms. The van der Waals surface area contributed by atoms with Gasteiger partial charge >= 0.3 is 0 Å². The summed E-state index contributed by atoms with van der Waals surface area (Å²) in [5.74, 6) is 2.37. The number of rotatable bonds is 4. The van der Waals surface area contributed by atoms with Crippen molar-refractivity contribution in [1.82, 2.24) is 19.7 Å². The molecular weight excluding hydrogens is 260 g/mol. The Labute approximate surface area is 123 Å². The third-order valence-electron chi connectivity index (χ3n) is 3.70. The summed E-state index contributed by atoms with van der Waals surface area (Å²) in [6.45, 7) is 0.729. The van der Waals surface area contributed by atoms with Gasteiger partial charge in [0.25, 0.3) is 0 Å². The van der Waals surface area contributed by atoms with Crippen LogP contribution in [0.3, 0.4) is 0 Å². The molecule has 0 N–H and O–H groups in total. The van der Waals surface area contributed by atoms with Gasteiger partial charge in [-0.25, -0.2) is 9.67 Å². The highest BCUT2D eigenvalue weighted by molar-refractivity contribution is 5.49. The smallest absolute Gasteiger partial charge is 0.177 e. The molecular formula is C17H16N4. The zero-order chi connectivity index (χ0) is 14.1. The van der Waals surface area contributed by atoms with Crippen molar-refractivity contribution in [1.29, 1.82) is 0 Å². The maximum Gasteiger partial charge on any atom is 0.177 e. The summed E-state index contributed by atoms with van der Waals surface area (Å²) in [5.41, 5.74) is 2.11. The third kappa shape index (κ3) is 2.57. The molecule has 3 aromatic rings. The standard InChI is InChI=1S/C17H16N4/c1-2-6-13(7-3-1)12-21-17(15-8-4-5-11-18-15)19-16(20-21)14-9-10-14/h1-8,11,14H,9-10,12H2. The summed E-state index contributed by atoms with van der Waals surface area (Å²) in [5, 5.41) is 4.71. The van der Waals surface area contributed by atoms with E-state index in [1.807, 2.05) is 28.9 Å². The summed E-state index contributed by atoms with van der Waals surface area (Å²) in [6, 6.07) is 16.2. The fourth-order valence-electron chi connectivity index (χ4n) is 2.43. The quantitative estimate of drug-likeness (QED) is 0.734. The van der Waals surface area contributed by atoms with Gasteiger partial charge in [-0.1, -0.05) is 36.4 Å². The van der Waals surface area contributed by atoms with E-state index in [1.54, 1.807) is 6.20 Å². The summed E-state index contributed by atoms with van der Waals surface area (Å²) in [7, 11) is 0. The Morgan fingerprint density at radius 3 is 2.52 bits per heavy atom. The van der Waals surface area contributed by atoms with Gasteiger partial charge in [-0.3, -0.25) is 4.98 Å². The highest BCUT2D eigenvalue weighted by Gasteiger charge is 2.29. The molecule has 0 radical (unpaired) electrons. The fraction of sp³-hybridized carbons (Fsp3) is 0.235. The second-order valence-corrected chi connectivity index (χ2v) is 5.43. The molecule has 0 atom stereocenters. The molecule has 0 aliphatic heterocycles. The first-order valence-electron chi connectivity index (χ1n) is 7.30. The Balaban J connectivity index is 1.74. The molecule has 1 fully saturated rings. The van der Waals surface area contributed by atoms with Gasteiger partial charge in [0.05, 0.1) is 6.54 Å². The highest BCUT2D eigenvalue weighted by atomic mass is 15.4. The normalized spacial score (nSPS) is 14.3. The van der Waals surface area contributed by atoms with Gasteiger partial charge in [0.15, 0.2) is 11.6 Å². The molecule has 0 spiro atoms. The molecule has 21 heavy (non-hydrogen) atoms. The van der Waals surface area contributed by atoms with E-state index in [9.17, 15) is 0 Å². The number of hydrogen-bond donors (Lipinski definition) is 0. The molecule has 4 nitrogen and oxygen atoms in total. The lowest BCUT2D eigenvalue weighted by atomic mass is 10.2. The van der Waals surface area contributed by atoms with Gasteiger partial charge in [0, 0.05) is 12.1 Å². The maximum absolute atomic E-state index is 4.73. The van der Waals surface area contributed by atoms with Crippen molar-refractivity contribution in [2.75, 3.05) is 0 Å². The molecule has 4 rings (SSSR count). The van der Waals surface area contributed by atoms with E-state index in [0.717, 1.165) is 23.9 Å². The summed E-state index contributed by atoms with van der Waals surface area (Å²) >= 11 is 0. The van der Waals surface area contributed by atoms with E-state index in [-0.39, 0.29) is 0 Å². The van der Waals surface area contributed by atoms with E-state index in [4.69, 9.17) is 10.1 Å². The lowest BCUT2D eigenvalue weighted by molar-refractivity contribution is 0.677. The van der Waals surface area contributed by atoms with Crippen molar-refractivity contribution < 1.29 is 0 Å². The third-order valence-corrected chi connectivity index (χ3v) is 3.70. The van der Waals surface area contributed by atoms with Crippen LogP contribution in [-0.2, 0) is 6.54 Å². The van der Waals surface area contributed by atoms with E-state index in [2.05, 4.69) is 29.2 Å². The zero-order valence-electron chi connectivity index (χ0n) is 11.7. The molecule has 0 bridgehead atoms. The average Bonchev–Trinajstić information content (AvgIpc) is 3.31. The highest BCUT2D eigenvalue weighted by Crippen LogP contribution is 2.38. The van der Waals surface area contributed by atoms with E-state index in [0.29, 0.717) is 5.92 Å². The SMILES string of the molecule is c1ccc(Cn2nc(C3CC3)nc2-c2ccccn2)cc1. The molecule has 1 saturated carbocycles. The number of nitrogens with zero attached hydrogens (tertiary/aromatic N) is 4. The fourth-order valence-corrected chi connectivity index (χ4v) is 2.43. The van der Waals surface area contributed by atoms with Crippen molar-refractivity contribution >= 4 is 0 Å². The zero-order valence-corrected chi connectivity index (χ0v) is 11.7. The molecule has 1 aliphatic rings. The second-order valence-electron chi connectivity index (χ2n) is 5.43. The summed E-state index contributed by atoms with van der Waals surface area (Å²) < 4.78 is 1.98. The largest absolute Gasteiger partial charge is 0.253 e. The molecule has 0 saturated heterocycles. The van der Waals surface area contributed by atoms with Gasteiger partial charge in [-0.05, 0) is 30.5 Å². The number of aromatic nitrogens is 4. The lowest BCUT2D eigenvalue weighted by Gasteiger charge is -2.05. The van der Waals surface area contributed by atoms with Crippen molar-refractivity contribution in [3.05, 3.63) is 66.1 Å². The van der Waals surface area contributed by atoms with Crippen molar-refractivity contribution in [3.8, 4) is 11.5 Å². The minimum atomic E-state index is 0.546. The van der Waals surface area contributed by atoms with Crippen LogP contribution >= 0.6 is 0 Å². The van der Waals surface area contributed by atoms with E-state index < -0.39 is 0 Å². The molecule has 104 valence electrons. The van der Waals surface area contributed by atoms with Crippen LogP contribution in [0.15, 0.2) is 54.7 Å². The van der Waals surface area contributed by atoms with Crippen LogP contribution in [0.25, 0.3) is 11.5 Å². The number of benzene rings is 1. The first-order valence-corrected chi connectivity index (χ1v) is 7.30. The molecule has 2 aromatic heterocycles. The average molecular weight is 276 g/mol. The van der Waals surface area contributed by atoms with Crippen LogP contribution in [-0.4, -0.2) is 19.7 Å². The Kier molecular flexibility index (Phi) is 2.99. The van der Waals surface area contributed by atoms with Crippen LogP contribution in [0.4, 0.5) is 0 Å². The van der Waals surface area contributed by atoms with E-state index >= 15 is 0 Å². The first-order chi connectivity index (χ1) is 10.4. The Bertz CT molecular complexity index is 730. The second kappa shape index (κ2) is 5.13. The van der Waals surface area contributed by atoms with Crippen molar-refractivity contribution in [2.24, 2.45) is 0 Å². The maximum atomic E-state index is 4.73. The predicted molar refractivity (Wildman–Crippen MR) is 80.8 cm³/mol. The Morgan fingerprint density at radius 1 is 1.00 bits per heavy atom. The number of hydrogen-bond acceptors (Lipinski definition) is 3. The topological polar surface area (TPSA) is 43.6 Å². The van der Waals surface area contributed by atoms with Crippen LogP contribution in [0.1, 0.15) is 30.1 Å². The van der Waals surface area contributed by atoms with Crippen molar-refractivity contribution in [2.45, 2.75) is 25.3 Å². The lowest BCUT2D eigenvalue weighted by Crippen LogP contribution is -2.05. The van der Waals surface area contributed by atoms with Gasteiger partial charge in [0.2, 0.25) is 0 Å². The minimum absolute atomic E-state index is 0.546. The minimum Gasteiger partial charge on any atom is -0.253 e. The molecule has 2 heterocycles. The summed E-state index contributed by atoms with van der Waals surface area (Å²) in [6.07, 6.45) is 4.21. The Hall–Kier alpha value is -2.49. The monoisotopic (exact) mass is 276 g/mol. The van der Waals surface area contributed by atoms with Crippen LogP contribution in [0.5, 0.6) is 0 Å². The number of pyridine rings is 1. The molecule has 0 unspecified atom stereocenters. The van der Waals surface area contributed by atoms with Crippen LogP contribution in [0.2, 0.25) is 0 Å². The summed E-state index contributed by atoms with van der Waals surface area (Å²) in [4.78, 5) is 9.15.